The Balaban J connectivity index is 1.29. The maximum absolute atomic E-state index is 12.5. The van der Waals surface area contributed by atoms with Gasteiger partial charge in [-0.05, 0) is 59.7 Å². The van der Waals surface area contributed by atoms with Gasteiger partial charge in [-0.2, -0.15) is 0 Å². The Morgan fingerprint density at radius 2 is 1.65 bits per heavy atom. The van der Waals surface area contributed by atoms with E-state index in [2.05, 4.69) is 15.6 Å². The number of carbonyl (C=O) groups is 2. The van der Waals surface area contributed by atoms with Crippen LogP contribution < -0.4 is 15.4 Å². The molecule has 3 N–H and O–H groups in total. The maximum atomic E-state index is 12.5. The van der Waals surface area contributed by atoms with Crippen molar-refractivity contribution in [2.45, 2.75) is 13.0 Å². The molecule has 0 aliphatic heterocycles. The minimum atomic E-state index is -0.176. The predicted molar refractivity (Wildman–Crippen MR) is 121 cm³/mol. The molecule has 2 amide bonds. The predicted octanol–water partition coefficient (Wildman–Crippen LogP) is 4.29. The van der Waals surface area contributed by atoms with E-state index < -0.39 is 0 Å². The molecule has 6 nitrogen and oxygen atoms in total. The summed E-state index contributed by atoms with van der Waals surface area (Å²) in [6.45, 7) is 0.404. The lowest BCUT2D eigenvalue weighted by molar-refractivity contribution is -0.120. The number of hydrogen-bond donors (Lipinski definition) is 3. The molecule has 0 unspecified atom stereocenters. The zero-order chi connectivity index (χ0) is 21.6. The number of amides is 2. The number of hydrogen-bond acceptors (Lipinski definition) is 3. The van der Waals surface area contributed by atoms with E-state index in [1.807, 2.05) is 66.9 Å². The number of nitrogens with one attached hydrogen (secondary N) is 3. The highest BCUT2D eigenvalue weighted by Gasteiger charge is 2.08. The summed E-state index contributed by atoms with van der Waals surface area (Å²) in [6.07, 6.45) is 2.17. The first-order valence-electron chi connectivity index (χ1n) is 9.98. The average molecular weight is 413 g/mol. The standard InChI is InChI=1S/C25H23N3O3/c1-31-22-9-4-17(5-10-22)14-24(29)27-16-18-2-6-19(7-3-18)25(30)28-21-8-11-23-20(15-21)12-13-26-23/h2-13,15,26H,14,16H2,1H3,(H,27,29)(H,28,30). The van der Waals surface area contributed by atoms with E-state index in [0.29, 0.717) is 18.5 Å². The number of anilines is 1. The van der Waals surface area contributed by atoms with Gasteiger partial charge in [0.15, 0.2) is 0 Å². The smallest absolute Gasteiger partial charge is 0.255 e. The van der Waals surface area contributed by atoms with Gasteiger partial charge in [0.2, 0.25) is 5.91 Å². The van der Waals surface area contributed by atoms with Gasteiger partial charge in [0.1, 0.15) is 5.75 Å². The quantitative estimate of drug-likeness (QED) is 0.423. The molecule has 0 aliphatic carbocycles. The van der Waals surface area contributed by atoms with Crippen LogP contribution in [-0.4, -0.2) is 23.9 Å². The first-order chi connectivity index (χ1) is 15.1. The number of aromatic amines is 1. The van der Waals surface area contributed by atoms with E-state index >= 15 is 0 Å². The molecule has 0 saturated carbocycles. The summed E-state index contributed by atoms with van der Waals surface area (Å²) in [4.78, 5) is 27.8. The zero-order valence-corrected chi connectivity index (χ0v) is 17.1. The van der Waals surface area contributed by atoms with Gasteiger partial charge in [-0.3, -0.25) is 9.59 Å². The highest BCUT2D eigenvalue weighted by Crippen LogP contribution is 2.18. The van der Waals surface area contributed by atoms with Crippen LogP contribution in [-0.2, 0) is 17.8 Å². The van der Waals surface area contributed by atoms with Crippen LogP contribution in [0.2, 0.25) is 0 Å². The second-order valence-electron chi connectivity index (χ2n) is 7.23. The van der Waals surface area contributed by atoms with E-state index in [4.69, 9.17) is 4.74 Å². The topological polar surface area (TPSA) is 83.2 Å². The molecule has 1 heterocycles. The van der Waals surface area contributed by atoms with Crippen LogP contribution in [0.1, 0.15) is 21.5 Å². The molecule has 3 aromatic carbocycles. The fourth-order valence-electron chi connectivity index (χ4n) is 3.30. The lowest BCUT2D eigenvalue weighted by atomic mass is 10.1. The summed E-state index contributed by atoms with van der Waals surface area (Å²) < 4.78 is 5.12. The monoisotopic (exact) mass is 413 g/mol. The fourth-order valence-corrected chi connectivity index (χ4v) is 3.30. The van der Waals surface area contributed by atoms with E-state index in [-0.39, 0.29) is 11.8 Å². The minimum Gasteiger partial charge on any atom is -0.497 e. The minimum absolute atomic E-state index is 0.0628. The Bertz CT molecular complexity index is 1190. The van der Waals surface area contributed by atoms with Crippen LogP contribution in [0, 0.1) is 0 Å². The number of ether oxygens (including phenoxy) is 1. The molecule has 0 radical (unpaired) electrons. The van der Waals surface area contributed by atoms with Gasteiger partial charge in [0.05, 0.1) is 13.5 Å². The number of fused-ring (bicyclic) bond motifs is 1. The van der Waals surface area contributed by atoms with E-state index in [0.717, 1.165) is 33.5 Å². The molecule has 6 heteroatoms. The largest absolute Gasteiger partial charge is 0.497 e. The maximum Gasteiger partial charge on any atom is 0.255 e. The zero-order valence-electron chi connectivity index (χ0n) is 17.1. The molecule has 0 spiro atoms. The highest BCUT2D eigenvalue weighted by atomic mass is 16.5. The van der Waals surface area contributed by atoms with Crippen LogP contribution in [0.3, 0.4) is 0 Å². The number of H-pyrrole nitrogens is 1. The second-order valence-corrected chi connectivity index (χ2v) is 7.23. The molecular formula is C25H23N3O3. The van der Waals surface area contributed by atoms with Crippen molar-refractivity contribution in [3.05, 3.63) is 95.7 Å². The molecule has 0 aliphatic rings. The van der Waals surface area contributed by atoms with E-state index in [9.17, 15) is 9.59 Å². The number of aromatic nitrogens is 1. The fraction of sp³-hybridized carbons (Fsp3) is 0.120. The van der Waals surface area contributed by atoms with Crippen LogP contribution in [0.15, 0.2) is 79.0 Å². The average Bonchev–Trinajstić information content (AvgIpc) is 3.26. The molecule has 0 atom stereocenters. The summed E-state index contributed by atoms with van der Waals surface area (Å²) in [5.74, 6) is 0.524. The molecular weight excluding hydrogens is 390 g/mol. The molecule has 1 aromatic heterocycles. The third-order valence-corrected chi connectivity index (χ3v) is 5.04. The van der Waals surface area contributed by atoms with Crippen molar-refractivity contribution in [1.82, 2.24) is 10.3 Å². The Morgan fingerprint density at radius 3 is 2.39 bits per heavy atom. The number of carbonyl (C=O) groups excluding carboxylic acids is 2. The van der Waals surface area contributed by atoms with Gasteiger partial charge in [0.25, 0.3) is 5.91 Å². The third kappa shape index (κ3) is 5.11. The lowest BCUT2D eigenvalue weighted by Gasteiger charge is -2.08. The van der Waals surface area contributed by atoms with Crippen molar-refractivity contribution < 1.29 is 14.3 Å². The first-order valence-corrected chi connectivity index (χ1v) is 9.98. The number of methoxy groups -OCH3 is 1. The van der Waals surface area contributed by atoms with Gasteiger partial charge in [-0.1, -0.05) is 24.3 Å². The first kappa shape index (κ1) is 20.2. The van der Waals surface area contributed by atoms with Gasteiger partial charge in [-0.25, -0.2) is 0 Å². The summed E-state index contributed by atoms with van der Waals surface area (Å²) in [5, 5.41) is 6.86. The van der Waals surface area contributed by atoms with Crippen molar-refractivity contribution >= 4 is 28.4 Å². The van der Waals surface area contributed by atoms with Gasteiger partial charge in [0, 0.05) is 34.9 Å². The Morgan fingerprint density at radius 1 is 0.903 bits per heavy atom. The Kier molecular flexibility index (Phi) is 5.98. The molecule has 4 rings (SSSR count). The SMILES string of the molecule is COc1ccc(CC(=O)NCc2ccc(C(=O)Nc3ccc4[nH]ccc4c3)cc2)cc1. The molecule has 31 heavy (non-hydrogen) atoms. The van der Waals surface area contributed by atoms with E-state index in [1.54, 1.807) is 19.2 Å². The summed E-state index contributed by atoms with van der Waals surface area (Å²) in [5.41, 5.74) is 4.17. The Hall–Kier alpha value is -4.06. The van der Waals surface area contributed by atoms with Gasteiger partial charge in [-0.15, -0.1) is 0 Å². The van der Waals surface area contributed by atoms with E-state index in [1.165, 1.54) is 0 Å². The van der Waals surface area contributed by atoms with Crippen molar-refractivity contribution in [2.24, 2.45) is 0 Å². The second kappa shape index (κ2) is 9.17. The summed E-state index contributed by atoms with van der Waals surface area (Å²) in [6, 6.07) is 22.3. The van der Waals surface area contributed by atoms with Crippen molar-refractivity contribution in [2.75, 3.05) is 12.4 Å². The molecule has 156 valence electrons. The third-order valence-electron chi connectivity index (χ3n) is 5.04. The van der Waals surface area contributed by atoms with Crippen molar-refractivity contribution in [3.8, 4) is 5.75 Å². The summed E-state index contributed by atoms with van der Waals surface area (Å²) >= 11 is 0. The normalized spacial score (nSPS) is 10.6. The van der Waals surface area contributed by atoms with Crippen LogP contribution in [0.25, 0.3) is 10.9 Å². The molecule has 0 saturated heterocycles. The van der Waals surface area contributed by atoms with Gasteiger partial charge < -0.3 is 20.4 Å². The molecule has 0 fully saturated rings. The lowest BCUT2D eigenvalue weighted by Crippen LogP contribution is -2.24. The van der Waals surface area contributed by atoms with Gasteiger partial charge >= 0.3 is 0 Å². The number of benzene rings is 3. The number of rotatable bonds is 7. The van der Waals surface area contributed by atoms with Crippen molar-refractivity contribution in [3.63, 3.8) is 0 Å². The Labute approximate surface area is 180 Å². The van der Waals surface area contributed by atoms with Crippen LogP contribution in [0.4, 0.5) is 5.69 Å². The molecule has 4 aromatic rings. The molecule has 0 bridgehead atoms. The van der Waals surface area contributed by atoms with Crippen LogP contribution in [0.5, 0.6) is 5.75 Å². The van der Waals surface area contributed by atoms with Crippen LogP contribution >= 0.6 is 0 Å². The van der Waals surface area contributed by atoms with Crippen molar-refractivity contribution in [1.29, 1.82) is 0 Å². The summed E-state index contributed by atoms with van der Waals surface area (Å²) in [7, 11) is 1.61. The highest BCUT2D eigenvalue weighted by molar-refractivity contribution is 6.05.